The fourth-order valence-electron chi connectivity index (χ4n) is 2.04. The molecule has 2 aromatic rings. The zero-order valence-corrected chi connectivity index (χ0v) is 16.2. The molecule has 1 aromatic heterocycles. The molecule has 0 saturated carbocycles. The van der Waals surface area contributed by atoms with Crippen LogP contribution < -0.4 is 10.1 Å². The number of rotatable bonds is 7. The number of carboxylic acids is 1. The van der Waals surface area contributed by atoms with Crippen molar-refractivity contribution in [3.8, 4) is 11.5 Å². The molecule has 0 fully saturated rings. The molecular formula is C21H28N2O4. The highest BCUT2D eigenvalue weighted by Gasteiger charge is 2.05. The SMILES string of the molecule is CN[C@@H](C)CC=Cc1cncc(OC(C)C)c1.O=C(O)c1ccccc1O. The lowest BCUT2D eigenvalue weighted by Gasteiger charge is -2.09. The highest BCUT2D eigenvalue weighted by atomic mass is 16.5. The van der Waals surface area contributed by atoms with Gasteiger partial charge in [-0.2, -0.15) is 0 Å². The summed E-state index contributed by atoms with van der Waals surface area (Å²) in [6.07, 6.45) is 9.00. The molecule has 1 aromatic carbocycles. The monoisotopic (exact) mass is 372 g/mol. The summed E-state index contributed by atoms with van der Waals surface area (Å²) in [6.45, 7) is 6.18. The largest absolute Gasteiger partial charge is 0.507 e. The van der Waals surface area contributed by atoms with Gasteiger partial charge in [0.15, 0.2) is 0 Å². The first kappa shape index (κ1) is 22.2. The zero-order chi connectivity index (χ0) is 20.2. The van der Waals surface area contributed by atoms with E-state index in [2.05, 4.69) is 29.4 Å². The van der Waals surface area contributed by atoms with Crippen molar-refractivity contribution in [2.45, 2.75) is 39.3 Å². The Balaban J connectivity index is 0.000000309. The lowest BCUT2D eigenvalue weighted by Crippen LogP contribution is -2.19. The van der Waals surface area contributed by atoms with Crippen molar-refractivity contribution in [1.82, 2.24) is 10.3 Å². The Morgan fingerprint density at radius 3 is 2.52 bits per heavy atom. The average molecular weight is 372 g/mol. The van der Waals surface area contributed by atoms with Gasteiger partial charge in [0, 0.05) is 12.2 Å². The van der Waals surface area contributed by atoms with E-state index in [0.717, 1.165) is 17.7 Å². The Hall–Kier alpha value is -2.86. The number of hydrogen-bond acceptors (Lipinski definition) is 5. The van der Waals surface area contributed by atoms with Crippen LogP contribution in [0.1, 0.15) is 43.1 Å². The number of ether oxygens (including phenoxy) is 1. The second-order valence-electron chi connectivity index (χ2n) is 6.27. The maximum absolute atomic E-state index is 10.3. The van der Waals surface area contributed by atoms with Gasteiger partial charge >= 0.3 is 5.97 Å². The van der Waals surface area contributed by atoms with Crippen LogP contribution >= 0.6 is 0 Å². The Bertz CT molecular complexity index is 744. The first-order valence-electron chi connectivity index (χ1n) is 8.80. The van der Waals surface area contributed by atoms with Gasteiger partial charge in [0.25, 0.3) is 0 Å². The molecule has 0 bridgehead atoms. The normalized spacial score (nSPS) is 11.7. The summed E-state index contributed by atoms with van der Waals surface area (Å²) in [6, 6.07) is 8.31. The van der Waals surface area contributed by atoms with E-state index in [-0.39, 0.29) is 17.4 Å². The minimum absolute atomic E-state index is 0.0671. The maximum Gasteiger partial charge on any atom is 0.339 e. The summed E-state index contributed by atoms with van der Waals surface area (Å²) in [4.78, 5) is 14.4. The van der Waals surface area contributed by atoms with Crippen LogP contribution in [0.5, 0.6) is 11.5 Å². The van der Waals surface area contributed by atoms with Crippen LogP contribution in [0, 0.1) is 0 Å². The summed E-state index contributed by atoms with van der Waals surface area (Å²) in [5, 5.41) is 20.5. The number of aromatic hydroxyl groups is 1. The van der Waals surface area contributed by atoms with E-state index in [0.29, 0.717) is 6.04 Å². The van der Waals surface area contributed by atoms with E-state index >= 15 is 0 Å². The number of aromatic nitrogens is 1. The van der Waals surface area contributed by atoms with E-state index in [9.17, 15) is 4.79 Å². The Labute approximate surface area is 160 Å². The highest BCUT2D eigenvalue weighted by Crippen LogP contribution is 2.15. The zero-order valence-electron chi connectivity index (χ0n) is 16.2. The molecule has 0 spiro atoms. The molecular weight excluding hydrogens is 344 g/mol. The van der Waals surface area contributed by atoms with Crippen LogP contribution in [-0.4, -0.2) is 40.4 Å². The van der Waals surface area contributed by atoms with E-state index < -0.39 is 5.97 Å². The summed E-state index contributed by atoms with van der Waals surface area (Å²) in [5.41, 5.74) is 1.01. The van der Waals surface area contributed by atoms with Gasteiger partial charge in [0.1, 0.15) is 17.1 Å². The lowest BCUT2D eigenvalue weighted by atomic mass is 10.2. The predicted octanol–water partition coefficient (Wildman–Crippen LogP) is 3.97. The van der Waals surface area contributed by atoms with Crippen LogP contribution in [0.25, 0.3) is 6.08 Å². The molecule has 1 atom stereocenters. The molecule has 0 aliphatic heterocycles. The van der Waals surface area contributed by atoms with Crippen LogP contribution in [0.4, 0.5) is 0 Å². The number of benzene rings is 1. The molecule has 0 radical (unpaired) electrons. The summed E-state index contributed by atoms with van der Waals surface area (Å²) in [5.74, 6) is -0.489. The molecule has 27 heavy (non-hydrogen) atoms. The topological polar surface area (TPSA) is 91.7 Å². The Morgan fingerprint density at radius 1 is 1.26 bits per heavy atom. The minimum atomic E-state index is -1.11. The first-order valence-corrected chi connectivity index (χ1v) is 8.80. The molecule has 1 heterocycles. The molecule has 3 N–H and O–H groups in total. The van der Waals surface area contributed by atoms with Gasteiger partial charge in [-0.25, -0.2) is 4.79 Å². The van der Waals surface area contributed by atoms with Crippen molar-refractivity contribution in [1.29, 1.82) is 0 Å². The van der Waals surface area contributed by atoms with Gasteiger partial charge in [-0.3, -0.25) is 4.98 Å². The van der Waals surface area contributed by atoms with Crippen molar-refractivity contribution in [3.63, 3.8) is 0 Å². The molecule has 6 nitrogen and oxygen atoms in total. The molecule has 0 saturated heterocycles. The quantitative estimate of drug-likeness (QED) is 0.681. The Kier molecular flexibility index (Phi) is 9.61. The van der Waals surface area contributed by atoms with Crippen molar-refractivity contribution >= 4 is 12.0 Å². The van der Waals surface area contributed by atoms with Crippen LogP contribution in [0.15, 0.2) is 48.8 Å². The number of carbonyl (C=O) groups is 1. The standard InChI is InChI=1S/C14H22N2O.C7H6O3/c1-11(2)17-14-8-13(9-16-10-14)7-5-6-12(3)15-4;8-6-4-2-1-3-5(6)7(9)10/h5,7-12,15H,6H2,1-4H3;1-4,8H,(H,9,10)/t12-;/m0./s1. The van der Waals surface area contributed by atoms with Gasteiger partial charge in [0.05, 0.1) is 12.3 Å². The van der Waals surface area contributed by atoms with Crippen molar-refractivity contribution in [2.75, 3.05) is 7.05 Å². The van der Waals surface area contributed by atoms with E-state index in [1.807, 2.05) is 33.2 Å². The average Bonchev–Trinajstić information content (AvgIpc) is 2.62. The van der Waals surface area contributed by atoms with Crippen molar-refractivity contribution in [2.24, 2.45) is 0 Å². The number of aromatic carboxylic acids is 1. The number of carboxylic acid groups (broad SMARTS) is 1. The third-order valence-electron chi connectivity index (χ3n) is 3.53. The highest BCUT2D eigenvalue weighted by molar-refractivity contribution is 5.90. The molecule has 0 unspecified atom stereocenters. The third-order valence-corrected chi connectivity index (χ3v) is 3.53. The van der Waals surface area contributed by atoms with E-state index in [4.69, 9.17) is 14.9 Å². The number of para-hydroxylation sites is 1. The predicted molar refractivity (Wildman–Crippen MR) is 107 cm³/mol. The molecule has 0 amide bonds. The number of hydrogen-bond donors (Lipinski definition) is 3. The van der Waals surface area contributed by atoms with Crippen LogP contribution in [0.2, 0.25) is 0 Å². The van der Waals surface area contributed by atoms with Gasteiger partial charge in [-0.05, 0) is 58.0 Å². The second kappa shape index (κ2) is 11.7. The number of nitrogens with zero attached hydrogens (tertiary/aromatic N) is 1. The molecule has 2 rings (SSSR count). The van der Waals surface area contributed by atoms with Gasteiger partial charge in [-0.15, -0.1) is 0 Å². The molecule has 6 heteroatoms. The smallest absolute Gasteiger partial charge is 0.339 e. The summed E-state index contributed by atoms with van der Waals surface area (Å²) >= 11 is 0. The second-order valence-corrected chi connectivity index (χ2v) is 6.27. The maximum atomic E-state index is 10.3. The minimum Gasteiger partial charge on any atom is -0.507 e. The van der Waals surface area contributed by atoms with Gasteiger partial charge in [0.2, 0.25) is 0 Å². The fourth-order valence-corrected chi connectivity index (χ4v) is 2.04. The first-order chi connectivity index (χ1) is 12.8. The Morgan fingerprint density at radius 2 is 1.96 bits per heavy atom. The van der Waals surface area contributed by atoms with Gasteiger partial charge < -0.3 is 20.3 Å². The molecule has 0 aliphatic rings. The third kappa shape index (κ3) is 8.87. The van der Waals surface area contributed by atoms with Crippen molar-refractivity contribution in [3.05, 3.63) is 59.9 Å². The van der Waals surface area contributed by atoms with Crippen LogP contribution in [0.3, 0.4) is 0 Å². The summed E-state index contributed by atoms with van der Waals surface area (Å²) < 4.78 is 5.59. The lowest BCUT2D eigenvalue weighted by molar-refractivity contribution is 0.0693. The fraction of sp³-hybridized carbons (Fsp3) is 0.333. The number of phenols is 1. The number of nitrogens with one attached hydrogen (secondary N) is 1. The van der Waals surface area contributed by atoms with E-state index in [1.165, 1.54) is 12.1 Å². The van der Waals surface area contributed by atoms with E-state index in [1.54, 1.807) is 18.3 Å². The summed E-state index contributed by atoms with van der Waals surface area (Å²) in [7, 11) is 1.97. The van der Waals surface area contributed by atoms with Gasteiger partial charge in [-0.1, -0.05) is 24.3 Å². The number of pyridine rings is 1. The molecule has 0 aliphatic carbocycles. The van der Waals surface area contributed by atoms with Crippen LogP contribution in [-0.2, 0) is 0 Å². The molecule has 146 valence electrons. The van der Waals surface area contributed by atoms with Crippen molar-refractivity contribution < 1.29 is 19.7 Å².